The zero-order chi connectivity index (χ0) is 108. The van der Waals surface area contributed by atoms with Crippen molar-refractivity contribution in [2.24, 2.45) is 76.9 Å². The Morgan fingerprint density at radius 3 is 0.486 bits per heavy atom. The van der Waals surface area contributed by atoms with Gasteiger partial charge in [0.25, 0.3) is 0 Å². The topological polar surface area (TPSA) is 0 Å². The second kappa shape index (κ2) is 159. The van der Waals surface area contributed by atoms with E-state index in [1.807, 2.05) is 0 Å². The monoisotopic (exact) mass is 1990 g/mol. The summed E-state index contributed by atoms with van der Waals surface area (Å²) in [5.74, 6) is 13.2. The molecule has 4 fully saturated rings. The molecule has 0 amide bonds. The first-order valence-corrected chi connectivity index (χ1v) is 68.0. The summed E-state index contributed by atoms with van der Waals surface area (Å²) in [7, 11) is 0. The minimum absolute atomic E-state index is 0.954. The minimum atomic E-state index is 0.954. The molecule has 0 heterocycles. The molecule has 0 nitrogen and oxygen atoms in total. The van der Waals surface area contributed by atoms with Crippen molar-refractivity contribution in [3.8, 4) is 0 Å². The van der Waals surface area contributed by atoms with E-state index < -0.39 is 0 Å². The molecule has 0 bridgehead atoms. The van der Waals surface area contributed by atoms with E-state index in [1.54, 1.807) is 0 Å². The van der Waals surface area contributed by atoms with E-state index >= 15 is 0 Å². The van der Waals surface area contributed by atoms with Gasteiger partial charge < -0.3 is 0 Å². The summed E-state index contributed by atoms with van der Waals surface area (Å²) in [5.41, 5.74) is 0. The van der Waals surface area contributed by atoms with Crippen LogP contribution in [0.15, 0.2) is 0 Å². The summed E-state index contributed by atoms with van der Waals surface area (Å²) in [6.45, 7) is 84.4. The Morgan fingerprint density at radius 1 is 0.143 bits per heavy atom. The second-order valence-electron chi connectivity index (χ2n) is 45.7. The summed E-state index contributed by atoms with van der Waals surface area (Å²) in [6.07, 6.45) is 129. The second-order valence-corrected chi connectivity index (χ2v) is 45.7. The molecule has 1 unspecified atom stereocenters. The van der Waals surface area contributed by atoms with Crippen LogP contribution in [0.4, 0.5) is 0 Å². The Morgan fingerprint density at radius 2 is 0.314 bits per heavy atom. The highest BCUT2D eigenvalue weighted by Crippen LogP contribution is 2.38. The molecule has 0 heteroatoms. The fraction of sp³-hybridized carbons (Fsp3) is 1.00. The van der Waals surface area contributed by atoms with Gasteiger partial charge in [0.05, 0.1) is 0 Å². The molecular weight excluding hydrogens is 1680 g/mol. The predicted molar refractivity (Wildman–Crippen MR) is 671 cm³/mol. The minimum Gasteiger partial charge on any atom is -0.0656 e. The van der Waals surface area contributed by atoms with Gasteiger partial charge in [0.2, 0.25) is 0 Å². The number of unbranched alkanes of at least 4 members (excludes halogenated alkanes) is 28. The third-order valence-corrected chi connectivity index (χ3v) is 32.6. The number of hydrogen-bond acceptors (Lipinski definition) is 0. The maximum atomic E-state index is 2.36. The number of rotatable bonds is 63. The van der Waals surface area contributed by atoms with Gasteiger partial charge in [-0.15, -0.1) is 0 Å². The predicted octanol–water partition coefficient (Wildman–Crippen LogP) is 55.7. The maximum Gasteiger partial charge on any atom is -0.0412 e. The molecule has 1 atom stereocenters. The SMILES string of the molecule is C1CCCCC1.C1CCCCCCC1.CCC.CCC(CC)CC.CCC(CC)CC.CCC(CC)CC(CC)CC.CCC1CC(CC)CC(CC)C1.CCC1CCCC(CC)CCC1.CCCCC.CCCCC(C)CC.CCCCC(CC)CCCC.CCCCC(CCCC)CCCC.CCCCCCC.CCCCCCC(CC)CC.CCCCCCCC.CCCCCCCCCCC. The summed E-state index contributed by atoms with van der Waals surface area (Å²) in [6, 6.07) is 0. The van der Waals surface area contributed by atoms with Gasteiger partial charge >= 0.3 is 0 Å². The Bertz CT molecular complexity index is 1610. The van der Waals surface area contributed by atoms with Crippen molar-refractivity contribution < 1.29 is 0 Å². The molecule has 0 spiro atoms. The standard InChI is InChI=1S/C13H28.2C12H24.4C11H24.C8H16.2C8H18.3C7H16.C6H12.C5H12.C3H8/c1-4-7-10-13(11-8-5-2)12-9-6-3;1-4-10-7-11(5-2)9-12(6-3)8-10;1-3-11-7-5-9-12(4-2)10-6-8-11;1-5-10(6-2)9-11(7-3)8-4;1-4-7-8-9-10-11(5-2)6-3;1-4-7-9-11(6-3)10-8-5-2;1-3-5-7-9-11-10-8-6-4-2;1-2-4-6-8-7-5-3-1;1-4-6-7-8(3)5-2;1-3-5-7-8-6-4-2;2*1-4-7(5-2)6-3;1-3-5-7-6-4-2;1-2-4-6-5-3-1;1-3-5-4-2;1-3-2/h13H,4-12H2,1-3H3;10-12H,4-9H2,1-3H3;11-12H,3-10H2,1-2H3;10-11H,5-9H2,1-4H3;2*11H,4-10H2,1-3H3;3-11H2,1-2H3;1-8H2;8H,4-7H2,1-3H3;3-8H2,1-2H3;2*7H,4-6H2,1-3H3;3-7H2,1-2H3;1-6H2;3-5H2,1-2H3;3H2,1-2H3. The van der Waals surface area contributed by atoms with E-state index in [0.717, 1.165) is 76.9 Å². The molecule has 0 saturated heterocycles. The lowest BCUT2D eigenvalue weighted by Gasteiger charge is -2.33. The molecule has 0 aromatic rings. The third kappa shape index (κ3) is 156. The van der Waals surface area contributed by atoms with E-state index in [9.17, 15) is 0 Å². The molecule has 0 N–H and O–H groups in total. The molecule has 4 aliphatic rings. The van der Waals surface area contributed by atoms with Crippen molar-refractivity contribution in [2.45, 2.75) is 834 Å². The molecule has 0 aromatic carbocycles. The third-order valence-electron chi connectivity index (χ3n) is 32.6. The Labute approximate surface area is 905 Å². The summed E-state index contributed by atoms with van der Waals surface area (Å²) in [4.78, 5) is 0. The Hall–Kier alpha value is 0. The molecule has 140 heavy (non-hydrogen) atoms. The largest absolute Gasteiger partial charge is 0.0656 e. The van der Waals surface area contributed by atoms with Crippen molar-refractivity contribution in [3.63, 3.8) is 0 Å². The first-order chi connectivity index (χ1) is 68.0. The summed E-state index contributed by atoms with van der Waals surface area (Å²) in [5, 5.41) is 0. The van der Waals surface area contributed by atoms with Crippen LogP contribution >= 0.6 is 0 Å². The highest BCUT2D eigenvalue weighted by atomic mass is 14.3. The van der Waals surface area contributed by atoms with Gasteiger partial charge in [-0.05, 0) is 103 Å². The number of hydrogen-bond donors (Lipinski definition) is 0. The van der Waals surface area contributed by atoms with Crippen LogP contribution in [-0.4, -0.2) is 0 Å². The summed E-state index contributed by atoms with van der Waals surface area (Å²) >= 11 is 0. The van der Waals surface area contributed by atoms with Gasteiger partial charge in [0, 0.05) is 0 Å². The van der Waals surface area contributed by atoms with Gasteiger partial charge in [-0.25, -0.2) is 0 Å². The van der Waals surface area contributed by atoms with Crippen LogP contribution in [0.5, 0.6) is 0 Å². The smallest absolute Gasteiger partial charge is 0.0412 e. The summed E-state index contributed by atoms with van der Waals surface area (Å²) < 4.78 is 0. The van der Waals surface area contributed by atoms with Crippen molar-refractivity contribution in [2.75, 3.05) is 0 Å². The zero-order valence-corrected chi connectivity index (χ0v) is 108. The molecule has 864 valence electrons. The van der Waals surface area contributed by atoms with Crippen molar-refractivity contribution >= 4 is 0 Å². The van der Waals surface area contributed by atoms with Crippen molar-refractivity contribution in [3.05, 3.63) is 0 Å². The normalized spacial score (nSPS) is 16.1. The van der Waals surface area contributed by atoms with E-state index in [1.165, 1.54) is 578 Å². The van der Waals surface area contributed by atoms with E-state index in [4.69, 9.17) is 0 Å². The first-order valence-electron chi connectivity index (χ1n) is 68.0. The van der Waals surface area contributed by atoms with Crippen LogP contribution < -0.4 is 0 Å². The fourth-order valence-electron chi connectivity index (χ4n) is 20.2. The van der Waals surface area contributed by atoms with Gasteiger partial charge in [-0.3, -0.25) is 0 Å². The Balaban J connectivity index is -0.000000126. The molecule has 0 aliphatic heterocycles. The average molecular weight is 1990 g/mol. The van der Waals surface area contributed by atoms with Crippen molar-refractivity contribution in [1.29, 1.82) is 0 Å². The molecule has 4 saturated carbocycles. The van der Waals surface area contributed by atoms with Gasteiger partial charge in [0.1, 0.15) is 0 Å². The van der Waals surface area contributed by atoms with Crippen LogP contribution in [0.3, 0.4) is 0 Å². The van der Waals surface area contributed by atoms with Gasteiger partial charge in [0.15, 0.2) is 0 Å². The van der Waals surface area contributed by atoms with E-state index in [-0.39, 0.29) is 0 Å². The highest BCUT2D eigenvalue weighted by molar-refractivity contribution is 4.77. The molecule has 4 rings (SSSR count). The molecular formula is C140H304. The lowest BCUT2D eigenvalue weighted by Crippen LogP contribution is -2.21. The Kier molecular flexibility index (Phi) is 188. The average Bonchev–Trinajstić information content (AvgIpc) is 0.880. The maximum absolute atomic E-state index is 2.36. The fourth-order valence-corrected chi connectivity index (χ4v) is 20.2. The lowest BCUT2D eigenvalue weighted by molar-refractivity contribution is 0.183. The quantitative estimate of drug-likeness (QED) is 0.0533. The van der Waals surface area contributed by atoms with Crippen molar-refractivity contribution in [1.82, 2.24) is 0 Å². The van der Waals surface area contributed by atoms with Crippen LogP contribution in [0, 0.1) is 76.9 Å². The van der Waals surface area contributed by atoms with Crippen LogP contribution in [-0.2, 0) is 0 Å². The molecule has 0 radical (unpaired) electrons. The van der Waals surface area contributed by atoms with Crippen LogP contribution in [0.1, 0.15) is 834 Å². The zero-order valence-electron chi connectivity index (χ0n) is 108. The molecule has 0 aromatic heterocycles. The van der Waals surface area contributed by atoms with Gasteiger partial charge in [-0.2, -0.15) is 0 Å². The van der Waals surface area contributed by atoms with Crippen LogP contribution in [0.25, 0.3) is 0 Å². The van der Waals surface area contributed by atoms with E-state index in [0.29, 0.717) is 0 Å². The first kappa shape index (κ1) is 165. The lowest BCUT2D eigenvalue weighted by atomic mass is 9.72. The molecule has 4 aliphatic carbocycles. The van der Waals surface area contributed by atoms with Gasteiger partial charge in [-0.1, -0.05) is 808 Å². The highest BCUT2D eigenvalue weighted by Gasteiger charge is 2.26. The van der Waals surface area contributed by atoms with Crippen LogP contribution in [0.2, 0.25) is 0 Å². The van der Waals surface area contributed by atoms with E-state index in [2.05, 4.69) is 256 Å².